The van der Waals surface area contributed by atoms with E-state index in [1.165, 1.54) is 0 Å². The van der Waals surface area contributed by atoms with Gasteiger partial charge in [0.25, 0.3) is 0 Å². The third kappa shape index (κ3) is 2.32. The molecule has 0 bridgehead atoms. The third-order valence-corrected chi connectivity index (χ3v) is 2.82. The summed E-state index contributed by atoms with van der Waals surface area (Å²) in [5.41, 5.74) is 3.86. The number of halogens is 1. The largest absolute Gasteiger partial charge is 0.238 e. The normalized spacial score (nSPS) is 10.2. The van der Waals surface area contributed by atoms with Crippen LogP contribution in [0.5, 0.6) is 0 Å². The van der Waals surface area contributed by atoms with Gasteiger partial charge in [0.15, 0.2) is 0 Å². The van der Waals surface area contributed by atoms with Gasteiger partial charge in [-0.2, -0.15) is 10.4 Å². The van der Waals surface area contributed by atoms with Gasteiger partial charge in [-0.25, -0.2) is 4.68 Å². The van der Waals surface area contributed by atoms with Crippen LogP contribution in [0.15, 0.2) is 24.3 Å². The van der Waals surface area contributed by atoms with Crippen molar-refractivity contribution in [2.75, 3.05) is 0 Å². The van der Waals surface area contributed by atoms with Crippen LogP contribution in [0.3, 0.4) is 0 Å². The second kappa shape index (κ2) is 4.60. The van der Waals surface area contributed by atoms with Crippen molar-refractivity contribution in [1.82, 2.24) is 9.78 Å². The van der Waals surface area contributed by atoms with Crippen LogP contribution < -0.4 is 0 Å². The SMILES string of the molecule is Cc1cc(Cl)ccc1-n1nc(CC#N)cc1C. The molecule has 0 saturated carbocycles. The number of hydrogen-bond acceptors (Lipinski definition) is 2. The molecular weight excluding hydrogens is 234 g/mol. The van der Waals surface area contributed by atoms with Gasteiger partial charge in [0.1, 0.15) is 0 Å². The first-order chi connectivity index (χ1) is 8.11. The monoisotopic (exact) mass is 245 g/mol. The van der Waals surface area contributed by atoms with Crippen molar-refractivity contribution in [3.8, 4) is 11.8 Å². The van der Waals surface area contributed by atoms with E-state index < -0.39 is 0 Å². The molecule has 3 nitrogen and oxygen atoms in total. The summed E-state index contributed by atoms with van der Waals surface area (Å²) in [6.07, 6.45) is 0.334. The van der Waals surface area contributed by atoms with Crippen LogP contribution >= 0.6 is 11.6 Å². The number of nitrogens with zero attached hydrogens (tertiary/aromatic N) is 3. The first-order valence-electron chi connectivity index (χ1n) is 5.31. The number of aromatic nitrogens is 2. The maximum Gasteiger partial charge on any atom is 0.0793 e. The van der Waals surface area contributed by atoms with Crippen LogP contribution in [0, 0.1) is 25.2 Å². The minimum absolute atomic E-state index is 0.334. The Kier molecular flexibility index (Phi) is 3.16. The number of hydrogen-bond donors (Lipinski definition) is 0. The average Bonchev–Trinajstić information content (AvgIpc) is 2.60. The fraction of sp³-hybridized carbons (Fsp3) is 0.231. The lowest BCUT2D eigenvalue weighted by atomic mass is 10.2. The number of aryl methyl sites for hydroxylation is 2. The molecule has 0 aliphatic carbocycles. The molecule has 1 heterocycles. The van der Waals surface area contributed by atoms with Crippen LogP contribution in [0.25, 0.3) is 5.69 Å². The van der Waals surface area contributed by atoms with Crippen molar-refractivity contribution in [1.29, 1.82) is 5.26 Å². The molecule has 0 fully saturated rings. The second-order valence-electron chi connectivity index (χ2n) is 3.95. The molecule has 86 valence electrons. The molecule has 0 unspecified atom stereocenters. The van der Waals surface area contributed by atoms with E-state index in [0.29, 0.717) is 11.4 Å². The molecule has 2 aromatic rings. The Morgan fingerprint density at radius 2 is 2.12 bits per heavy atom. The number of nitriles is 1. The molecule has 0 saturated heterocycles. The van der Waals surface area contributed by atoms with Gasteiger partial charge in [0.05, 0.1) is 23.9 Å². The van der Waals surface area contributed by atoms with Gasteiger partial charge < -0.3 is 0 Å². The van der Waals surface area contributed by atoms with E-state index >= 15 is 0 Å². The Bertz CT molecular complexity index is 593. The highest BCUT2D eigenvalue weighted by Gasteiger charge is 2.08. The van der Waals surface area contributed by atoms with Gasteiger partial charge in [-0.15, -0.1) is 0 Å². The Hall–Kier alpha value is -1.79. The standard InChI is InChI=1S/C13H12ClN3/c1-9-7-11(14)3-4-13(9)17-10(2)8-12(16-17)5-6-15/h3-4,7-8H,5H2,1-2H3. The van der Waals surface area contributed by atoms with Crippen LogP contribution in [-0.2, 0) is 6.42 Å². The van der Waals surface area contributed by atoms with Crippen molar-refractivity contribution in [2.45, 2.75) is 20.3 Å². The van der Waals surface area contributed by atoms with Crippen molar-refractivity contribution < 1.29 is 0 Å². The molecule has 0 amide bonds. The molecule has 17 heavy (non-hydrogen) atoms. The molecule has 0 aliphatic heterocycles. The summed E-state index contributed by atoms with van der Waals surface area (Å²) < 4.78 is 1.85. The highest BCUT2D eigenvalue weighted by molar-refractivity contribution is 6.30. The van der Waals surface area contributed by atoms with Crippen LogP contribution in [0.2, 0.25) is 5.02 Å². The molecule has 4 heteroatoms. The van der Waals surface area contributed by atoms with Gasteiger partial charge in [-0.3, -0.25) is 0 Å². The van der Waals surface area contributed by atoms with E-state index in [1.807, 2.05) is 42.8 Å². The Morgan fingerprint density at radius 1 is 1.35 bits per heavy atom. The highest BCUT2D eigenvalue weighted by Crippen LogP contribution is 2.20. The molecular formula is C13H12ClN3. The summed E-state index contributed by atoms with van der Waals surface area (Å²) in [7, 11) is 0. The predicted molar refractivity (Wildman–Crippen MR) is 67.4 cm³/mol. The summed E-state index contributed by atoms with van der Waals surface area (Å²) in [5, 5.41) is 13.8. The van der Waals surface area contributed by atoms with Gasteiger partial charge >= 0.3 is 0 Å². The Morgan fingerprint density at radius 3 is 2.76 bits per heavy atom. The zero-order chi connectivity index (χ0) is 12.4. The zero-order valence-electron chi connectivity index (χ0n) is 9.74. The van der Waals surface area contributed by atoms with E-state index in [-0.39, 0.29) is 0 Å². The van der Waals surface area contributed by atoms with E-state index in [0.717, 1.165) is 22.6 Å². The summed E-state index contributed by atoms with van der Waals surface area (Å²) in [6, 6.07) is 9.72. The van der Waals surface area contributed by atoms with Gasteiger partial charge in [-0.1, -0.05) is 11.6 Å². The lowest BCUT2D eigenvalue weighted by Gasteiger charge is -2.08. The lowest BCUT2D eigenvalue weighted by Crippen LogP contribution is -2.01. The Balaban J connectivity index is 2.49. The quantitative estimate of drug-likeness (QED) is 0.815. The highest BCUT2D eigenvalue weighted by atomic mass is 35.5. The van der Waals surface area contributed by atoms with Crippen molar-refractivity contribution >= 4 is 11.6 Å². The fourth-order valence-electron chi connectivity index (χ4n) is 1.81. The van der Waals surface area contributed by atoms with Gasteiger partial charge in [-0.05, 0) is 43.7 Å². The fourth-order valence-corrected chi connectivity index (χ4v) is 2.03. The molecule has 0 N–H and O–H groups in total. The number of benzene rings is 1. The van der Waals surface area contributed by atoms with Crippen molar-refractivity contribution in [3.63, 3.8) is 0 Å². The maximum atomic E-state index is 8.66. The summed E-state index contributed by atoms with van der Waals surface area (Å²) in [5.74, 6) is 0. The number of rotatable bonds is 2. The molecule has 1 aromatic heterocycles. The molecule has 0 spiro atoms. The van der Waals surface area contributed by atoms with Crippen LogP contribution in [0.4, 0.5) is 0 Å². The van der Waals surface area contributed by atoms with E-state index in [1.54, 1.807) is 0 Å². The van der Waals surface area contributed by atoms with E-state index in [2.05, 4.69) is 11.2 Å². The van der Waals surface area contributed by atoms with E-state index in [9.17, 15) is 0 Å². The molecule has 1 aromatic carbocycles. The van der Waals surface area contributed by atoms with Crippen LogP contribution in [0.1, 0.15) is 17.0 Å². The van der Waals surface area contributed by atoms with Crippen molar-refractivity contribution in [2.24, 2.45) is 0 Å². The van der Waals surface area contributed by atoms with Crippen LogP contribution in [-0.4, -0.2) is 9.78 Å². The lowest BCUT2D eigenvalue weighted by molar-refractivity contribution is 0.821. The van der Waals surface area contributed by atoms with Crippen molar-refractivity contribution in [3.05, 3.63) is 46.2 Å². The minimum Gasteiger partial charge on any atom is -0.238 e. The van der Waals surface area contributed by atoms with E-state index in [4.69, 9.17) is 16.9 Å². The van der Waals surface area contributed by atoms with Gasteiger partial charge in [0.2, 0.25) is 0 Å². The predicted octanol–water partition coefficient (Wildman–Crippen LogP) is 3.21. The summed E-state index contributed by atoms with van der Waals surface area (Å²) >= 11 is 5.93. The average molecular weight is 246 g/mol. The summed E-state index contributed by atoms with van der Waals surface area (Å²) in [6.45, 7) is 3.97. The van der Waals surface area contributed by atoms with Gasteiger partial charge in [0, 0.05) is 10.7 Å². The Labute approximate surface area is 105 Å². The first kappa shape index (κ1) is 11.7. The maximum absolute atomic E-state index is 8.66. The summed E-state index contributed by atoms with van der Waals surface area (Å²) in [4.78, 5) is 0. The molecule has 0 atom stereocenters. The molecule has 0 radical (unpaired) electrons. The second-order valence-corrected chi connectivity index (χ2v) is 4.39. The smallest absolute Gasteiger partial charge is 0.0793 e. The zero-order valence-corrected chi connectivity index (χ0v) is 10.5. The molecule has 0 aliphatic rings. The third-order valence-electron chi connectivity index (χ3n) is 2.59. The minimum atomic E-state index is 0.334. The first-order valence-corrected chi connectivity index (χ1v) is 5.68. The topological polar surface area (TPSA) is 41.6 Å². The molecule has 2 rings (SSSR count).